The van der Waals surface area contributed by atoms with Crippen molar-refractivity contribution in [1.29, 1.82) is 0 Å². The van der Waals surface area contributed by atoms with E-state index in [1.807, 2.05) is 36.0 Å². The number of aromatic nitrogens is 2. The monoisotopic (exact) mass is 278 g/mol. The van der Waals surface area contributed by atoms with Gasteiger partial charge in [-0.25, -0.2) is 0 Å². The molecule has 20 heavy (non-hydrogen) atoms. The van der Waals surface area contributed by atoms with Gasteiger partial charge in [0.2, 0.25) is 0 Å². The molecule has 2 rings (SSSR count). The van der Waals surface area contributed by atoms with Gasteiger partial charge in [0.05, 0.1) is 16.8 Å². The third-order valence-electron chi connectivity index (χ3n) is 3.51. The van der Waals surface area contributed by atoms with Crippen molar-refractivity contribution in [1.82, 2.24) is 9.78 Å². The highest BCUT2D eigenvalue weighted by molar-refractivity contribution is 5.81. The number of ether oxygens (including phenoxy) is 2. The standard InChI is InChI=1S/C15H22N2O3/c1-15(18,10-14(19-3)20-4)9-12-11-7-5-6-8-13(11)17(2)16-12/h5-8,14,18H,9-10H2,1-4H3. The highest BCUT2D eigenvalue weighted by Gasteiger charge is 2.28. The number of methoxy groups -OCH3 is 2. The second kappa shape index (κ2) is 5.91. The average molecular weight is 278 g/mol. The summed E-state index contributed by atoms with van der Waals surface area (Å²) in [6.45, 7) is 1.78. The van der Waals surface area contributed by atoms with Gasteiger partial charge >= 0.3 is 0 Å². The molecule has 0 fully saturated rings. The van der Waals surface area contributed by atoms with Gasteiger partial charge in [-0.1, -0.05) is 18.2 Å². The fourth-order valence-corrected chi connectivity index (χ4v) is 2.47. The number of hydrogen-bond donors (Lipinski definition) is 1. The van der Waals surface area contributed by atoms with E-state index in [0.717, 1.165) is 16.6 Å². The maximum atomic E-state index is 10.6. The molecule has 2 aromatic rings. The number of aryl methyl sites for hydroxylation is 1. The molecule has 5 nitrogen and oxygen atoms in total. The van der Waals surface area contributed by atoms with E-state index in [4.69, 9.17) is 9.47 Å². The van der Waals surface area contributed by atoms with Crippen molar-refractivity contribution in [3.63, 3.8) is 0 Å². The Balaban J connectivity index is 2.23. The smallest absolute Gasteiger partial charge is 0.159 e. The van der Waals surface area contributed by atoms with Crippen molar-refractivity contribution >= 4 is 10.9 Å². The van der Waals surface area contributed by atoms with Crippen molar-refractivity contribution in [2.75, 3.05) is 14.2 Å². The van der Waals surface area contributed by atoms with Crippen LogP contribution in [0.4, 0.5) is 0 Å². The van der Waals surface area contributed by atoms with Crippen LogP contribution >= 0.6 is 0 Å². The molecule has 0 radical (unpaired) electrons. The SMILES string of the molecule is COC(CC(C)(O)Cc1nn(C)c2ccccc12)OC. The minimum absolute atomic E-state index is 0.394. The average Bonchev–Trinajstić information content (AvgIpc) is 2.73. The fraction of sp³-hybridized carbons (Fsp3) is 0.533. The molecule has 0 aliphatic rings. The Kier molecular flexibility index (Phi) is 4.42. The largest absolute Gasteiger partial charge is 0.390 e. The molecular formula is C15H22N2O3. The highest BCUT2D eigenvalue weighted by Crippen LogP contribution is 2.25. The summed E-state index contributed by atoms with van der Waals surface area (Å²) in [7, 11) is 5.05. The molecule has 0 aliphatic heterocycles. The van der Waals surface area contributed by atoms with Gasteiger partial charge in [0, 0.05) is 39.5 Å². The van der Waals surface area contributed by atoms with Gasteiger partial charge in [-0.15, -0.1) is 0 Å². The van der Waals surface area contributed by atoms with Crippen LogP contribution in [-0.2, 0) is 22.9 Å². The molecule has 0 aliphatic carbocycles. The van der Waals surface area contributed by atoms with Gasteiger partial charge in [0.25, 0.3) is 0 Å². The van der Waals surface area contributed by atoms with E-state index in [9.17, 15) is 5.11 Å². The highest BCUT2D eigenvalue weighted by atomic mass is 16.7. The number of fused-ring (bicyclic) bond motifs is 1. The van der Waals surface area contributed by atoms with Crippen molar-refractivity contribution in [2.45, 2.75) is 31.7 Å². The zero-order valence-corrected chi connectivity index (χ0v) is 12.5. The summed E-state index contributed by atoms with van der Waals surface area (Å²) in [6, 6.07) is 8.01. The normalized spacial score (nSPS) is 14.9. The van der Waals surface area contributed by atoms with Crippen LogP contribution in [0.2, 0.25) is 0 Å². The summed E-state index contributed by atoms with van der Waals surface area (Å²) in [6.07, 6.45) is 0.433. The van der Waals surface area contributed by atoms with Crippen LogP contribution < -0.4 is 0 Å². The maximum Gasteiger partial charge on any atom is 0.159 e. The van der Waals surface area contributed by atoms with Crippen LogP contribution in [0.25, 0.3) is 10.9 Å². The Labute approximate surface area is 119 Å². The predicted octanol–water partition coefficient (Wildman–Crippen LogP) is 1.88. The first-order valence-corrected chi connectivity index (χ1v) is 6.65. The first-order valence-electron chi connectivity index (χ1n) is 6.65. The van der Waals surface area contributed by atoms with Gasteiger partial charge in [-0.2, -0.15) is 5.10 Å². The van der Waals surface area contributed by atoms with Gasteiger partial charge in [0.1, 0.15) is 0 Å². The molecule has 1 heterocycles. The van der Waals surface area contributed by atoms with Gasteiger partial charge in [0.15, 0.2) is 6.29 Å². The molecule has 1 aromatic heterocycles. The second-order valence-electron chi connectivity index (χ2n) is 5.37. The molecule has 0 amide bonds. The van der Waals surface area contributed by atoms with E-state index in [1.165, 1.54) is 0 Å². The lowest BCUT2D eigenvalue weighted by atomic mass is 9.94. The third-order valence-corrected chi connectivity index (χ3v) is 3.51. The number of aliphatic hydroxyl groups is 1. The van der Waals surface area contributed by atoms with Gasteiger partial charge in [-0.05, 0) is 13.0 Å². The number of para-hydroxylation sites is 1. The molecule has 0 saturated heterocycles. The molecule has 5 heteroatoms. The molecule has 0 spiro atoms. The summed E-state index contributed by atoms with van der Waals surface area (Å²) < 4.78 is 12.2. The van der Waals surface area contributed by atoms with E-state index in [-0.39, 0.29) is 0 Å². The van der Waals surface area contributed by atoms with Crippen molar-refractivity contribution < 1.29 is 14.6 Å². The van der Waals surface area contributed by atoms with E-state index < -0.39 is 11.9 Å². The molecular weight excluding hydrogens is 256 g/mol. The second-order valence-corrected chi connectivity index (χ2v) is 5.37. The zero-order valence-electron chi connectivity index (χ0n) is 12.5. The Bertz CT molecular complexity index is 574. The van der Waals surface area contributed by atoms with E-state index in [1.54, 1.807) is 21.1 Å². The Morgan fingerprint density at radius 2 is 1.95 bits per heavy atom. The number of benzene rings is 1. The third kappa shape index (κ3) is 3.17. The fourth-order valence-electron chi connectivity index (χ4n) is 2.47. The first kappa shape index (κ1) is 15.0. The van der Waals surface area contributed by atoms with Crippen molar-refractivity contribution in [2.24, 2.45) is 7.05 Å². The molecule has 1 N–H and O–H groups in total. The predicted molar refractivity (Wildman–Crippen MR) is 77.5 cm³/mol. The quantitative estimate of drug-likeness (QED) is 0.820. The van der Waals surface area contributed by atoms with E-state index >= 15 is 0 Å². The number of hydrogen-bond acceptors (Lipinski definition) is 4. The van der Waals surface area contributed by atoms with Crippen LogP contribution in [-0.4, -0.2) is 41.0 Å². The lowest BCUT2D eigenvalue weighted by Gasteiger charge is -2.26. The summed E-state index contributed by atoms with van der Waals surface area (Å²) in [5, 5.41) is 16.1. The van der Waals surface area contributed by atoms with Gasteiger partial charge in [-0.3, -0.25) is 4.68 Å². The Hall–Kier alpha value is -1.43. The summed E-state index contributed by atoms with van der Waals surface area (Å²) in [5.41, 5.74) is 1.01. The lowest BCUT2D eigenvalue weighted by molar-refractivity contribution is -0.139. The van der Waals surface area contributed by atoms with Gasteiger partial charge < -0.3 is 14.6 Å². The molecule has 1 aromatic carbocycles. The summed E-state index contributed by atoms with van der Waals surface area (Å²) in [4.78, 5) is 0. The van der Waals surface area contributed by atoms with Crippen LogP contribution in [0, 0.1) is 0 Å². The summed E-state index contributed by atoms with van der Waals surface area (Å²) >= 11 is 0. The van der Waals surface area contributed by atoms with Crippen LogP contribution in [0.3, 0.4) is 0 Å². The van der Waals surface area contributed by atoms with E-state index in [2.05, 4.69) is 5.10 Å². The zero-order chi connectivity index (χ0) is 14.8. The molecule has 1 atom stereocenters. The van der Waals surface area contributed by atoms with Crippen LogP contribution in [0.15, 0.2) is 24.3 Å². The van der Waals surface area contributed by atoms with Crippen LogP contribution in [0.1, 0.15) is 19.0 Å². The minimum atomic E-state index is -0.937. The molecule has 0 saturated carbocycles. The summed E-state index contributed by atoms with van der Waals surface area (Å²) in [5.74, 6) is 0. The molecule has 1 unspecified atom stereocenters. The topological polar surface area (TPSA) is 56.5 Å². The van der Waals surface area contributed by atoms with Crippen LogP contribution in [0.5, 0.6) is 0 Å². The molecule has 110 valence electrons. The minimum Gasteiger partial charge on any atom is -0.390 e. The van der Waals surface area contributed by atoms with Crippen molar-refractivity contribution in [3.05, 3.63) is 30.0 Å². The number of nitrogens with zero attached hydrogens (tertiary/aromatic N) is 2. The molecule has 0 bridgehead atoms. The number of rotatable bonds is 6. The Morgan fingerprint density at radius 3 is 2.60 bits per heavy atom. The maximum absolute atomic E-state index is 10.6. The first-order chi connectivity index (χ1) is 9.46. The van der Waals surface area contributed by atoms with E-state index in [0.29, 0.717) is 12.8 Å². The lowest BCUT2D eigenvalue weighted by Crippen LogP contribution is -2.34. The van der Waals surface area contributed by atoms with Crippen molar-refractivity contribution in [3.8, 4) is 0 Å². The Morgan fingerprint density at radius 1 is 1.30 bits per heavy atom.